The minimum absolute atomic E-state index is 0.0847. The Morgan fingerprint density at radius 1 is 0.889 bits per heavy atom. The highest BCUT2D eigenvalue weighted by atomic mass is 16.5. The maximum Gasteiger partial charge on any atom is 0.330 e. The third-order valence-corrected chi connectivity index (χ3v) is 6.14. The predicted octanol–water partition coefficient (Wildman–Crippen LogP) is 6.23. The molecule has 184 valence electrons. The molecule has 1 unspecified atom stereocenters. The first-order valence-corrected chi connectivity index (χ1v) is 11.9. The van der Waals surface area contributed by atoms with E-state index < -0.39 is 17.9 Å². The number of nitrogens with one attached hydrogen (secondary N) is 1. The lowest BCUT2D eigenvalue weighted by Crippen LogP contribution is -2.34. The molecule has 1 aromatic heterocycles. The molecule has 0 fully saturated rings. The summed E-state index contributed by atoms with van der Waals surface area (Å²) in [6.45, 7) is 8.52. The van der Waals surface area contributed by atoms with E-state index in [4.69, 9.17) is 4.74 Å². The zero-order valence-corrected chi connectivity index (χ0v) is 20.9. The van der Waals surface area contributed by atoms with Crippen molar-refractivity contribution in [2.24, 2.45) is 0 Å². The molecular weight excluding hydrogens is 452 g/mol. The lowest BCUT2D eigenvalue weighted by Gasteiger charge is -2.20. The smallest absolute Gasteiger partial charge is 0.330 e. The molecule has 6 nitrogen and oxygen atoms in total. The number of carbonyl (C=O) groups excluding carboxylic acids is 1. The van der Waals surface area contributed by atoms with Gasteiger partial charge in [-0.1, -0.05) is 75.4 Å². The first-order valence-electron chi connectivity index (χ1n) is 11.9. The molecule has 2 atom stereocenters. The van der Waals surface area contributed by atoms with Crippen LogP contribution in [0.4, 0.5) is 0 Å². The molecule has 0 aliphatic heterocycles. The number of pyridine rings is 1. The summed E-state index contributed by atoms with van der Waals surface area (Å²) in [5.74, 6) is -0.887. The van der Waals surface area contributed by atoms with Gasteiger partial charge in [0.15, 0.2) is 6.04 Å². The average Bonchev–Trinajstić information content (AvgIpc) is 2.86. The van der Waals surface area contributed by atoms with E-state index in [1.807, 2.05) is 37.3 Å². The van der Waals surface area contributed by atoms with Crippen molar-refractivity contribution in [3.8, 4) is 5.75 Å². The second-order valence-electron chi connectivity index (χ2n) is 9.87. The van der Waals surface area contributed by atoms with Crippen molar-refractivity contribution in [1.82, 2.24) is 10.3 Å². The van der Waals surface area contributed by atoms with Crippen LogP contribution >= 0.6 is 0 Å². The Morgan fingerprint density at radius 3 is 2.22 bits per heavy atom. The monoisotopic (exact) mass is 482 g/mol. The second kappa shape index (κ2) is 10.2. The van der Waals surface area contributed by atoms with Crippen molar-refractivity contribution in [3.63, 3.8) is 0 Å². The van der Waals surface area contributed by atoms with Crippen molar-refractivity contribution in [3.05, 3.63) is 107 Å². The van der Waals surface area contributed by atoms with Gasteiger partial charge in [0.1, 0.15) is 17.5 Å². The standard InChI is InChI=1S/C30H30N2O4/c1-19(36-25-14-12-24(13-15-25)30(2,3)4)21-10-11-22-17-26(31-18-23(22)16-21)28(33)32-27(29(34)35)20-8-6-5-7-9-20/h5-19,27H,1-4H3,(H,32,33)(H,34,35)/t19?,27-/m0/s1. The van der Waals surface area contributed by atoms with E-state index in [1.165, 1.54) is 5.56 Å². The van der Waals surface area contributed by atoms with Crippen LogP contribution in [-0.4, -0.2) is 22.0 Å². The van der Waals surface area contributed by atoms with E-state index >= 15 is 0 Å². The highest BCUT2D eigenvalue weighted by Crippen LogP contribution is 2.28. The van der Waals surface area contributed by atoms with E-state index in [0.29, 0.717) is 5.56 Å². The summed E-state index contributed by atoms with van der Waals surface area (Å²) >= 11 is 0. The molecule has 4 aromatic rings. The number of hydrogen-bond donors (Lipinski definition) is 2. The number of carbonyl (C=O) groups is 2. The van der Waals surface area contributed by atoms with Crippen LogP contribution in [-0.2, 0) is 10.2 Å². The van der Waals surface area contributed by atoms with Crippen LogP contribution in [0.2, 0.25) is 0 Å². The molecule has 36 heavy (non-hydrogen) atoms. The Hall–Kier alpha value is -4.19. The van der Waals surface area contributed by atoms with E-state index in [0.717, 1.165) is 22.1 Å². The van der Waals surface area contributed by atoms with Gasteiger partial charge in [0.25, 0.3) is 5.91 Å². The van der Waals surface area contributed by atoms with Gasteiger partial charge in [-0.25, -0.2) is 4.79 Å². The number of carboxylic acids is 1. The number of carboxylic acid groups (broad SMARTS) is 1. The van der Waals surface area contributed by atoms with Crippen molar-refractivity contribution in [2.45, 2.75) is 45.3 Å². The van der Waals surface area contributed by atoms with E-state index in [9.17, 15) is 14.7 Å². The number of ether oxygens (including phenoxy) is 1. The Labute approximate surface area is 211 Å². The van der Waals surface area contributed by atoms with Gasteiger partial charge in [-0.3, -0.25) is 9.78 Å². The highest BCUT2D eigenvalue weighted by molar-refractivity contribution is 5.98. The summed E-state index contributed by atoms with van der Waals surface area (Å²) in [5.41, 5.74) is 2.96. The minimum atomic E-state index is -1.16. The van der Waals surface area contributed by atoms with Crippen molar-refractivity contribution < 1.29 is 19.4 Å². The van der Waals surface area contributed by atoms with Gasteiger partial charge in [0, 0.05) is 11.6 Å². The number of aromatic nitrogens is 1. The number of amides is 1. The van der Waals surface area contributed by atoms with Crippen LogP contribution in [0.1, 0.15) is 67.0 Å². The van der Waals surface area contributed by atoms with Gasteiger partial charge >= 0.3 is 5.97 Å². The molecule has 3 aromatic carbocycles. The Kier molecular flexibility index (Phi) is 7.06. The van der Waals surface area contributed by atoms with Crippen LogP contribution in [0, 0.1) is 0 Å². The van der Waals surface area contributed by atoms with Gasteiger partial charge in [0.2, 0.25) is 0 Å². The maximum absolute atomic E-state index is 12.8. The Morgan fingerprint density at radius 2 is 1.58 bits per heavy atom. The molecule has 0 saturated heterocycles. The average molecular weight is 483 g/mol. The molecule has 0 spiro atoms. The maximum atomic E-state index is 12.8. The van der Waals surface area contributed by atoms with Crippen molar-refractivity contribution in [1.29, 1.82) is 0 Å². The minimum Gasteiger partial charge on any atom is -0.486 e. The fourth-order valence-electron chi connectivity index (χ4n) is 3.98. The van der Waals surface area contributed by atoms with Gasteiger partial charge in [-0.2, -0.15) is 0 Å². The highest BCUT2D eigenvalue weighted by Gasteiger charge is 2.23. The number of fused-ring (bicyclic) bond motifs is 1. The summed E-state index contributed by atoms with van der Waals surface area (Å²) in [7, 11) is 0. The molecule has 1 amide bonds. The largest absolute Gasteiger partial charge is 0.486 e. The van der Waals surface area contributed by atoms with Crippen molar-refractivity contribution in [2.75, 3.05) is 0 Å². The number of nitrogens with zero attached hydrogens (tertiary/aromatic N) is 1. The SMILES string of the molecule is CC(Oc1ccc(C(C)(C)C)cc1)c1ccc2cc(C(=O)N[C@H](C(=O)O)c3ccccc3)ncc2c1. The zero-order valence-electron chi connectivity index (χ0n) is 20.9. The first-order chi connectivity index (χ1) is 17.1. The molecule has 0 bridgehead atoms. The topological polar surface area (TPSA) is 88.5 Å². The van der Waals surface area contributed by atoms with Crippen LogP contribution in [0.3, 0.4) is 0 Å². The van der Waals surface area contributed by atoms with E-state index in [-0.39, 0.29) is 17.2 Å². The number of benzene rings is 3. The fourth-order valence-corrected chi connectivity index (χ4v) is 3.98. The third kappa shape index (κ3) is 5.71. The molecule has 6 heteroatoms. The Balaban J connectivity index is 1.49. The zero-order chi connectivity index (χ0) is 25.9. The fraction of sp³-hybridized carbons (Fsp3) is 0.233. The van der Waals surface area contributed by atoms with E-state index in [2.05, 4.69) is 43.2 Å². The molecular formula is C30H30N2O4. The van der Waals surface area contributed by atoms with Crippen LogP contribution in [0.5, 0.6) is 5.75 Å². The molecule has 2 N–H and O–H groups in total. The van der Waals surface area contributed by atoms with Crippen LogP contribution < -0.4 is 10.1 Å². The summed E-state index contributed by atoms with van der Waals surface area (Å²) in [6.07, 6.45) is 1.44. The molecule has 0 aliphatic rings. The van der Waals surface area contributed by atoms with Crippen molar-refractivity contribution >= 4 is 22.6 Å². The molecule has 0 saturated carbocycles. The second-order valence-corrected chi connectivity index (χ2v) is 9.87. The molecule has 0 aliphatic carbocycles. The lowest BCUT2D eigenvalue weighted by molar-refractivity contribution is -0.139. The summed E-state index contributed by atoms with van der Waals surface area (Å²) < 4.78 is 6.15. The van der Waals surface area contributed by atoms with Gasteiger partial charge in [0.05, 0.1) is 0 Å². The molecule has 0 radical (unpaired) electrons. The van der Waals surface area contributed by atoms with Crippen LogP contribution in [0.15, 0.2) is 85.1 Å². The van der Waals surface area contributed by atoms with Gasteiger partial charge < -0.3 is 15.2 Å². The number of hydrogen-bond acceptors (Lipinski definition) is 4. The van der Waals surface area contributed by atoms with Gasteiger partial charge in [-0.05, 0) is 58.7 Å². The molecule has 4 rings (SSSR count). The summed E-state index contributed by atoms with van der Waals surface area (Å²) in [4.78, 5) is 28.8. The lowest BCUT2D eigenvalue weighted by atomic mass is 9.87. The summed E-state index contributed by atoms with van der Waals surface area (Å²) in [6, 6.07) is 23.1. The van der Waals surface area contributed by atoms with Crippen LogP contribution in [0.25, 0.3) is 10.8 Å². The summed E-state index contributed by atoms with van der Waals surface area (Å²) in [5, 5.41) is 13.8. The number of aliphatic carboxylic acids is 1. The first kappa shape index (κ1) is 24.9. The molecule has 1 heterocycles. The van der Waals surface area contributed by atoms with E-state index in [1.54, 1.807) is 42.6 Å². The quantitative estimate of drug-likeness (QED) is 0.326. The normalized spacial score (nSPS) is 13.1. The van der Waals surface area contributed by atoms with Gasteiger partial charge in [-0.15, -0.1) is 0 Å². The Bertz CT molecular complexity index is 1380. The number of rotatable bonds is 7. The third-order valence-electron chi connectivity index (χ3n) is 6.14. The predicted molar refractivity (Wildman–Crippen MR) is 140 cm³/mol.